The first-order chi connectivity index (χ1) is 12.5. The Morgan fingerprint density at radius 1 is 1.23 bits per heavy atom. The second-order valence-electron chi connectivity index (χ2n) is 5.96. The van der Waals surface area contributed by atoms with E-state index in [1.54, 1.807) is 12.4 Å². The summed E-state index contributed by atoms with van der Waals surface area (Å²) in [4.78, 5) is 24.0. The minimum absolute atomic E-state index is 0.346. The van der Waals surface area contributed by atoms with Crippen molar-refractivity contribution in [1.82, 2.24) is 19.6 Å². The number of nitrogens with zero attached hydrogens (tertiary/aromatic N) is 4. The second-order valence-corrected chi connectivity index (χ2v) is 6.99. The van der Waals surface area contributed by atoms with Gasteiger partial charge in [-0.1, -0.05) is 0 Å². The fourth-order valence-corrected chi connectivity index (χ4v) is 4.60. The first-order valence-corrected chi connectivity index (χ1v) is 8.90. The van der Waals surface area contributed by atoms with Gasteiger partial charge in [0.25, 0.3) is 5.91 Å². The van der Waals surface area contributed by atoms with E-state index in [1.807, 2.05) is 21.6 Å². The number of fused-ring (bicyclic) bond motifs is 3. The van der Waals surface area contributed by atoms with Crippen LogP contribution in [0.5, 0.6) is 0 Å². The molecule has 0 unspecified atom stereocenters. The van der Waals surface area contributed by atoms with Crippen molar-refractivity contribution in [2.45, 2.75) is 25.9 Å². The lowest BCUT2D eigenvalue weighted by molar-refractivity contribution is 0.100. The summed E-state index contributed by atoms with van der Waals surface area (Å²) >= 11 is 1.31. The number of primary amides is 2. The van der Waals surface area contributed by atoms with Gasteiger partial charge < -0.3 is 11.5 Å². The lowest BCUT2D eigenvalue weighted by Gasteiger charge is -2.15. The molecule has 0 bridgehead atoms. The van der Waals surface area contributed by atoms with Crippen molar-refractivity contribution in [2.24, 2.45) is 11.5 Å². The average molecular weight is 371 g/mol. The Hall–Kier alpha value is -3.14. The van der Waals surface area contributed by atoms with E-state index >= 15 is 0 Å². The smallest absolute Gasteiger partial charge is 0.317 e. The molecule has 0 fully saturated rings. The number of carbonyl (C=O) groups excluding carboxylic acids is 2. The third-order valence-corrected chi connectivity index (χ3v) is 5.58. The van der Waals surface area contributed by atoms with Crippen LogP contribution in [0.1, 0.15) is 21.6 Å². The second kappa shape index (κ2) is 6.30. The summed E-state index contributed by atoms with van der Waals surface area (Å²) in [6.07, 6.45) is 6.86. The first-order valence-electron chi connectivity index (χ1n) is 8.09. The van der Waals surface area contributed by atoms with Crippen LogP contribution in [-0.4, -0.2) is 31.5 Å². The third-order valence-electron chi connectivity index (χ3n) is 4.40. The molecule has 1 aliphatic rings. The molecule has 9 nitrogen and oxygen atoms in total. The number of carbonyl (C=O) groups is 2. The van der Waals surface area contributed by atoms with E-state index in [0.29, 0.717) is 23.5 Å². The van der Waals surface area contributed by atoms with Crippen LogP contribution in [0.15, 0.2) is 24.7 Å². The van der Waals surface area contributed by atoms with Gasteiger partial charge in [-0.25, -0.2) is 4.79 Å². The Balaban J connectivity index is 1.69. The summed E-state index contributed by atoms with van der Waals surface area (Å²) in [7, 11) is 0. The van der Waals surface area contributed by atoms with E-state index in [1.165, 1.54) is 11.3 Å². The normalized spacial score (nSPS) is 12.5. The highest BCUT2D eigenvalue weighted by atomic mass is 32.1. The molecule has 3 aromatic heterocycles. The SMILES string of the molecule is NC(=O)Nc1sc2c(c1C(N)=O)CCc1c-2cnn1CCn1cccn1. The number of urea groups is 1. The van der Waals surface area contributed by atoms with Crippen LogP contribution >= 0.6 is 11.3 Å². The maximum Gasteiger partial charge on any atom is 0.317 e. The van der Waals surface area contributed by atoms with Gasteiger partial charge in [0, 0.05) is 28.5 Å². The predicted molar refractivity (Wildman–Crippen MR) is 96.9 cm³/mol. The molecule has 0 saturated carbocycles. The molecular formula is C16H17N7O2S. The van der Waals surface area contributed by atoms with Crippen LogP contribution in [0.2, 0.25) is 0 Å². The summed E-state index contributed by atoms with van der Waals surface area (Å²) in [6, 6.07) is 1.16. The lowest BCUT2D eigenvalue weighted by Crippen LogP contribution is -2.22. The summed E-state index contributed by atoms with van der Waals surface area (Å²) in [5.74, 6) is -0.569. The number of aryl methyl sites for hydroxylation is 2. The number of amides is 3. The van der Waals surface area contributed by atoms with Gasteiger partial charge in [-0.3, -0.25) is 19.5 Å². The molecule has 1 aliphatic carbocycles. The van der Waals surface area contributed by atoms with Crippen molar-refractivity contribution >= 4 is 28.3 Å². The number of hydrogen-bond acceptors (Lipinski definition) is 5. The Bertz CT molecular complexity index is 987. The van der Waals surface area contributed by atoms with E-state index in [4.69, 9.17) is 11.5 Å². The Labute approximate surface area is 152 Å². The van der Waals surface area contributed by atoms with E-state index < -0.39 is 11.9 Å². The third kappa shape index (κ3) is 2.73. The minimum atomic E-state index is -0.721. The highest BCUT2D eigenvalue weighted by Gasteiger charge is 2.29. The van der Waals surface area contributed by atoms with Crippen molar-refractivity contribution in [3.8, 4) is 10.4 Å². The quantitative estimate of drug-likeness (QED) is 0.621. The molecule has 0 aliphatic heterocycles. The van der Waals surface area contributed by atoms with Crippen molar-refractivity contribution in [3.63, 3.8) is 0 Å². The molecule has 3 amide bonds. The fraction of sp³-hybridized carbons (Fsp3) is 0.250. The van der Waals surface area contributed by atoms with Gasteiger partial charge in [0.15, 0.2) is 0 Å². The summed E-state index contributed by atoms with van der Waals surface area (Å²) < 4.78 is 3.82. The van der Waals surface area contributed by atoms with Gasteiger partial charge in [0.2, 0.25) is 0 Å². The highest BCUT2D eigenvalue weighted by Crippen LogP contribution is 2.44. The number of anilines is 1. The average Bonchev–Trinajstić information content (AvgIpc) is 3.29. The van der Waals surface area contributed by atoms with Crippen molar-refractivity contribution < 1.29 is 9.59 Å². The largest absolute Gasteiger partial charge is 0.365 e. The van der Waals surface area contributed by atoms with Crippen LogP contribution in [-0.2, 0) is 25.9 Å². The number of nitrogens with one attached hydrogen (secondary N) is 1. The molecule has 0 aromatic carbocycles. The van der Waals surface area contributed by atoms with Crippen LogP contribution < -0.4 is 16.8 Å². The van der Waals surface area contributed by atoms with Gasteiger partial charge in [0.1, 0.15) is 5.00 Å². The summed E-state index contributed by atoms with van der Waals surface area (Å²) in [6.45, 7) is 1.42. The molecule has 0 radical (unpaired) electrons. The molecule has 0 atom stereocenters. The van der Waals surface area contributed by atoms with Crippen LogP contribution in [0.3, 0.4) is 0 Å². The van der Waals surface area contributed by atoms with Gasteiger partial charge >= 0.3 is 6.03 Å². The maximum absolute atomic E-state index is 11.9. The molecular weight excluding hydrogens is 354 g/mol. The first kappa shape index (κ1) is 16.3. The number of nitrogens with two attached hydrogens (primary N) is 2. The monoisotopic (exact) mass is 371 g/mol. The Morgan fingerprint density at radius 2 is 2.08 bits per heavy atom. The van der Waals surface area contributed by atoms with Crippen molar-refractivity contribution in [3.05, 3.63) is 41.5 Å². The zero-order valence-corrected chi connectivity index (χ0v) is 14.6. The van der Waals surface area contributed by atoms with Crippen LogP contribution in [0, 0.1) is 0 Å². The molecule has 0 spiro atoms. The number of rotatable bonds is 5. The van der Waals surface area contributed by atoms with Gasteiger partial charge in [0.05, 0.1) is 24.8 Å². The number of hydrogen-bond donors (Lipinski definition) is 3. The fourth-order valence-electron chi connectivity index (χ4n) is 3.31. The van der Waals surface area contributed by atoms with E-state index in [2.05, 4.69) is 15.5 Å². The predicted octanol–water partition coefficient (Wildman–Crippen LogP) is 1.20. The van der Waals surface area contributed by atoms with Gasteiger partial charge in [-0.2, -0.15) is 10.2 Å². The Kier molecular flexibility index (Phi) is 3.96. The zero-order chi connectivity index (χ0) is 18.3. The van der Waals surface area contributed by atoms with E-state index in [0.717, 1.165) is 34.7 Å². The van der Waals surface area contributed by atoms with Crippen molar-refractivity contribution in [1.29, 1.82) is 0 Å². The molecule has 134 valence electrons. The number of thiophene rings is 1. The lowest BCUT2D eigenvalue weighted by atomic mass is 9.93. The number of aromatic nitrogens is 4. The van der Waals surface area contributed by atoms with Gasteiger partial charge in [-0.05, 0) is 24.5 Å². The molecule has 26 heavy (non-hydrogen) atoms. The molecule has 3 heterocycles. The van der Waals surface area contributed by atoms with Crippen molar-refractivity contribution in [2.75, 3.05) is 5.32 Å². The maximum atomic E-state index is 11.9. The van der Waals surface area contributed by atoms with Gasteiger partial charge in [-0.15, -0.1) is 11.3 Å². The van der Waals surface area contributed by atoms with E-state index in [-0.39, 0.29) is 0 Å². The summed E-state index contributed by atoms with van der Waals surface area (Å²) in [5.41, 5.74) is 14.0. The topological polar surface area (TPSA) is 134 Å². The van der Waals surface area contributed by atoms with E-state index in [9.17, 15) is 9.59 Å². The molecule has 10 heteroatoms. The summed E-state index contributed by atoms with van der Waals surface area (Å²) in [5, 5.41) is 11.6. The minimum Gasteiger partial charge on any atom is -0.365 e. The molecule has 5 N–H and O–H groups in total. The molecule has 3 aromatic rings. The Morgan fingerprint density at radius 3 is 2.77 bits per heavy atom. The highest BCUT2D eigenvalue weighted by molar-refractivity contribution is 7.20. The van der Waals surface area contributed by atoms with Crippen LogP contribution in [0.4, 0.5) is 9.80 Å². The van der Waals surface area contributed by atoms with Crippen LogP contribution in [0.25, 0.3) is 10.4 Å². The zero-order valence-electron chi connectivity index (χ0n) is 13.8. The molecule has 4 rings (SSSR count). The molecule has 0 saturated heterocycles. The standard InChI is InChI=1S/C16H17N7O2S/c17-14(24)12-9-2-3-11-10(13(9)26-15(12)21-16(18)25)8-20-23(11)7-6-22-5-1-4-19-22/h1,4-5,8H,2-3,6-7H2,(H2,17,24)(H3,18,21,25).